The largest absolute Gasteiger partial charge is 0.444 e. The van der Waals surface area contributed by atoms with Gasteiger partial charge in [-0.3, -0.25) is 9.59 Å². The molecule has 0 bridgehead atoms. The van der Waals surface area contributed by atoms with E-state index in [1.165, 1.54) is 53.2 Å². The summed E-state index contributed by atoms with van der Waals surface area (Å²) < 4.78 is 49.7. The van der Waals surface area contributed by atoms with Gasteiger partial charge in [-0.15, -0.1) is 0 Å². The van der Waals surface area contributed by atoms with Crippen LogP contribution in [0.4, 0.5) is 29.3 Å². The number of carbonyl (C=O) groups excluding carboxylic acids is 3. The number of piperazine rings is 1. The highest BCUT2D eigenvalue weighted by molar-refractivity contribution is 6.34. The van der Waals surface area contributed by atoms with Crippen LogP contribution >= 0.6 is 11.6 Å². The molecule has 4 heterocycles. The second kappa shape index (κ2) is 13.2. The Bertz CT molecular complexity index is 1840. The van der Waals surface area contributed by atoms with E-state index in [1.807, 2.05) is 0 Å². The van der Waals surface area contributed by atoms with E-state index in [0.717, 1.165) is 10.9 Å². The fraction of sp³-hybridized carbons (Fsp3) is 0.355. The molecule has 0 aliphatic carbocycles. The molecule has 0 saturated carbocycles. The molecular weight excluding hydrogens is 655 g/mol. The highest BCUT2D eigenvalue weighted by Crippen LogP contribution is 2.37. The van der Waals surface area contributed by atoms with Gasteiger partial charge in [0.2, 0.25) is 0 Å². The molecule has 0 atom stereocenters. The molecule has 4 aromatic rings. The van der Waals surface area contributed by atoms with Crippen molar-refractivity contribution in [3.8, 4) is 17.1 Å². The van der Waals surface area contributed by atoms with Crippen LogP contribution in [0.15, 0.2) is 48.9 Å². The fourth-order valence-electron chi connectivity index (χ4n) is 4.97. The number of halogens is 4. The topological polar surface area (TPSA) is 140 Å². The Kier molecular flexibility index (Phi) is 9.39. The van der Waals surface area contributed by atoms with Gasteiger partial charge in [0.15, 0.2) is 17.3 Å². The van der Waals surface area contributed by atoms with Gasteiger partial charge >= 0.3 is 12.3 Å². The zero-order chi connectivity index (χ0) is 35.0. The van der Waals surface area contributed by atoms with Gasteiger partial charge in [0, 0.05) is 52.2 Å². The number of imidazole rings is 1. The van der Waals surface area contributed by atoms with Gasteiger partial charge in [-0.05, 0) is 51.1 Å². The molecule has 254 valence electrons. The lowest BCUT2D eigenvalue weighted by molar-refractivity contribution is -0.140. The second-order valence-electron chi connectivity index (χ2n) is 11.9. The summed E-state index contributed by atoms with van der Waals surface area (Å²) in [4.78, 5) is 50.1. The molecule has 0 unspecified atom stereocenters. The van der Waals surface area contributed by atoms with Gasteiger partial charge in [0.25, 0.3) is 11.8 Å². The number of amides is 3. The lowest BCUT2D eigenvalue weighted by Crippen LogP contribution is -2.51. The van der Waals surface area contributed by atoms with Crippen LogP contribution in [0.3, 0.4) is 0 Å². The van der Waals surface area contributed by atoms with Gasteiger partial charge in [0.1, 0.15) is 5.60 Å². The number of aromatic nitrogens is 5. The summed E-state index contributed by atoms with van der Waals surface area (Å²) in [6.07, 6.45) is -1.47. The SMILES string of the molecule is CNc1ccc(-n2cc(-c3cnc(C(=O)Nc4ccc(C(=O)N5CCN(C(=O)OC(C)(C)C)CC5)c(Cl)c4)n3C)c(C(F)(F)F)n2)nc1. The summed E-state index contributed by atoms with van der Waals surface area (Å²) in [6.45, 7) is 6.49. The maximum atomic E-state index is 14.0. The first kappa shape index (κ1) is 34.2. The van der Waals surface area contributed by atoms with Crippen LogP contribution in [0.1, 0.15) is 47.4 Å². The van der Waals surface area contributed by atoms with Crippen LogP contribution in [0.5, 0.6) is 0 Å². The molecule has 0 radical (unpaired) electrons. The lowest BCUT2D eigenvalue weighted by atomic mass is 10.1. The monoisotopic (exact) mass is 687 g/mol. The molecule has 5 rings (SSSR count). The molecule has 17 heteroatoms. The summed E-state index contributed by atoms with van der Waals surface area (Å²) in [5.74, 6) is -1.08. The van der Waals surface area contributed by atoms with E-state index in [9.17, 15) is 27.6 Å². The summed E-state index contributed by atoms with van der Waals surface area (Å²) in [6, 6.07) is 7.50. The van der Waals surface area contributed by atoms with Crippen molar-refractivity contribution in [1.29, 1.82) is 0 Å². The van der Waals surface area contributed by atoms with Crippen molar-refractivity contribution in [3.63, 3.8) is 0 Å². The zero-order valence-electron chi connectivity index (χ0n) is 26.7. The third kappa shape index (κ3) is 7.38. The van der Waals surface area contributed by atoms with Crippen molar-refractivity contribution in [2.45, 2.75) is 32.5 Å². The number of hydrogen-bond donors (Lipinski definition) is 2. The maximum absolute atomic E-state index is 14.0. The van der Waals surface area contributed by atoms with Crippen molar-refractivity contribution >= 4 is 40.9 Å². The Morgan fingerprint density at radius 3 is 2.19 bits per heavy atom. The minimum absolute atomic E-state index is 0.00341. The summed E-state index contributed by atoms with van der Waals surface area (Å²) in [7, 11) is 3.10. The average molecular weight is 688 g/mol. The van der Waals surface area contributed by atoms with Crippen LogP contribution in [0.2, 0.25) is 5.02 Å². The minimum Gasteiger partial charge on any atom is -0.444 e. The van der Waals surface area contributed by atoms with Crippen LogP contribution in [-0.4, -0.2) is 90.9 Å². The molecule has 1 aromatic carbocycles. The van der Waals surface area contributed by atoms with Crippen molar-refractivity contribution in [2.24, 2.45) is 7.05 Å². The molecule has 1 fully saturated rings. The molecule has 0 spiro atoms. The number of nitrogens with one attached hydrogen (secondary N) is 2. The number of nitrogens with zero attached hydrogens (tertiary/aromatic N) is 7. The number of rotatable bonds is 6. The van der Waals surface area contributed by atoms with E-state index in [0.29, 0.717) is 18.8 Å². The van der Waals surface area contributed by atoms with Gasteiger partial charge in [-0.1, -0.05) is 11.6 Å². The molecule has 3 aromatic heterocycles. The van der Waals surface area contributed by atoms with Crippen LogP contribution in [0, 0.1) is 0 Å². The number of alkyl halides is 3. The number of pyridine rings is 1. The second-order valence-corrected chi connectivity index (χ2v) is 12.3. The van der Waals surface area contributed by atoms with Gasteiger partial charge in [-0.25, -0.2) is 19.4 Å². The van der Waals surface area contributed by atoms with Crippen molar-refractivity contribution in [1.82, 2.24) is 34.1 Å². The number of carbonyl (C=O) groups is 3. The highest BCUT2D eigenvalue weighted by atomic mass is 35.5. The third-order valence-electron chi connectivity index (χ3n) is 7.40. The first-order valence-electron chi connectivity index (χ1n) is 14.8. The summed E-state index contributed by atoms with van der Waals surface area (Å²) in [5, 5.41) is 9.32. The Hall–Kier alpha value is -5.12. The molecular formula is C31H33ClF3N9O4. The fourth-order valence-corrected chi connectivity index (χ4v) is 5.23. The minimum atomic E-state index is -4.81. The molecule has 13 nitrogen and oxygen atoms in total. The Balaban J connectivity index is 1.29. The molecule has 48 heavy (non-hydrogen) atoms. The predicted molar refractivity (Wildman–Crippen MR) is 171 cm³/mol. The van der Waals surface area contributed by atoms with Crippen molar-refractivity contribution in [2.75, 3.05) is 43.9 Å². The van der Waals surface area contributed by atoms with E-state index in [4.69, 9.17) is 16.3 Å². The van der Waals surface area contributed by atoms with E-state index in [2.05, 4.69) is 25.7 Å². The zero-order valence-corrected chi connectivity index (χ0v) is 27.5. The Morgan fingerprint density at radius 2 is 1.60 bits per heavy atom. The molecule has 2 N–H and O–H groups in total. The van der Waals surface area contributed by atoms with Crippen molar-refractivity contribution in [3.05, 3.63) is 71.0 Å². The summed E-state index contributed by atoms with van der Waals surface area (Å²) >= 11 is 6.44. The average Bonchev–Trinajstić information content (AvgIpc) is 3.64. The van der Waals surface area contributed by atoms with Crippen LogP contribution in [-0.2, 0) is 18.0 Å². The Labute approximate surface area is 278 Å². The maximum Gasteiger partial charge on any atom is 0.435 e. The summed E-state index contributed by atoms with van der Waals surface area (Å²) in [5.41, 5.74) is -0.999. The van der Waals surface area contributed by atoms with E-state index in [1.54, 1.807) is 38.8 Å². The quantitative estimate of drug-likeness (QED) is 0.278. The standard InChI is InChI=1S/C31H33ClF3N9O4/c1-30(2,3)48-29(47)43-12-10-42(11-13-43)28(46)20-8-6-18(14-22(20)32)39-27(45)26-38-16-23(41(26)5)21-17-44(40-25(21)31(33,34)35)24-9-7-19(36-4)15-37-24/h6-9,14-17,36H,10-13H2,1-5H3,(H,39,45). The van der Waals surface area contributed by atoms with Crippen LogP contribution < -0.4 is 10.6 Å². The normalized spacial score (nSPS) is 13.8. The van der Waals surface area contributed by atoms with Crippen molar-refractivity contribution < 1.29 is 32.3 Å². The van der Waals surface area contributed by atoms with Gasteiger partial charge < -0.3 is 29.7 Å². The predicted octanol–water partition coefficient (Wildman–Crippen LogP) is 5.33. The highest BCUT2D eigenvalue weighted by Gasteiger charge is 2.39. The molecule has 1 saturated heterocycles. The van der Waals surface area contributed by atoms with E-state index >= 15 is 0 Å². The molecule has 1 aliphatic rings. The number of ether oxygens (including phenoxy) is 1. The first-order chi connectivity index (χ1) is 22.6. The third-order valence-corrected chi connectivity index (χ3v) is 7.71. The number of benzene rings is 1. The Morgan fingerprint density at radius 1 is 0.938 bits per heavy atom. The van der Waals surface area contributed by atoms with E-state index < -0.39 is 29.5 Å². The first-order valence-corrected chi connectivity index (χ1v) is 15.1. The van der Waals surface area contributed by atoms with E-state index in [-0.39, 0.29) is 58.2 Å². The van der Waals surface area contributed by atoms with Crippen LogP contribution in [0.25, 0.3) is 17.1 Å². The molecule has 1 aliphatic heterocycles. The smallest absolute Gasteiger partial charge is 0.435 e. The number of hydrogen-bond acceptors (Lipinski definition) is 8. The lowest BCUT2D eigenvalue weighted by Gasteiger charge is -2.35. The van der Waals surface area contributed by atoms with Gasteiger partial charge in [-0.2, -0.15) is 18.3 Å². The molecule has 3 amide bonds. The number of anilines is 2. The van der Waals surface area contributed by atoms with Gasteiger partial charge in [0.05, 0.1) is 39.9 Å².